The van der Waals surface area contributed by atoms with Gasteiger partial charge < -0.3 is 4.74 Å². The molecule has 4 nitrogen and oxygen atoms in total. The van der Waals surface area contributed by atoms with Gasteiger partial charge in [0.1, 0.15) is 12.4 Å². The molecule has 0 aliphatic heterocycles. The molecule has 2 rings (SSSR count). The quantitative estimate of drug-likeness (QED) is 0.236. The Hall–Kier alpha value is 0.340. The molecule has 1 amide bonds. The minimum absolute atomic E-state index is 0.278. The molecule has 0 aliphatic carbocycles. The van der Waals surface area contributed by atoms with Gasteiger partial charge in [-0.1, -0.05) is 0 Å². The molecule has 0 fully saturated rings. The Morgan fingerprint density at radius 3 is 2.50 bits per heavy atom. The van der Waals surface area contributed by atoms with Crippen LogP contribution >= 0.6 is 79.1 Å². The van der Waals surface area contributed by atoms with Crippen molar-refractivity contribution >= 4 is 85.0 Å². The van der Waals surface area contributed by atoms with Crippen LogP contribution in [-0.2, 0) is 6.61 Å². The summed E-state index contributed by atoms with van der Waals surface area (Å²) in [7, 11) is 0. The van der Waals surface area contributed by atoms with Crippen molar-refractivity contribution in [3.8, 4) is 5.75 Å². The van der Waals surface area contributed by atoms with Crippen LogP contribution in [0.2, 0.25) is 0 Å². The van der Waals surface area contributed by atoms with Crippen LogP contribution in [0.1, 0.15) is 14.5 Å². The standard InChI is InChI=1S/C12H9I3N2O2S/c13-6-3-8(14)11(9(15)4-6)19-5-7-1-2-10(20-7)12(18)17-16/h1-4H,5,16H2,(H,17,18). The zero-order valence-electron chi connectivity index (χ0n) is 9.95. The highest BCUT2D eigenvalue weighted by molar-refractivity contribution is 14.1. The number of nitrogens with one attached hydrogen (secondary N) is 1. The van der Waals surface area contributed by atoms with E-state index in [0.717, 1.165) is 17.8 Å². The Labute approximate surface area is 161 Å². The molecule has 1 heterocycles. The van der Waals surface area contributed by atoms with Crippen LogP contribution in [0, 0.1) is 10.7 Å². The Morgan fingerprint density at radius 1 is 1.25 bits per heavy atom. The van der Waals surface area contributed by atoms with E-state index >= 15 is 0 Å². The third kappa shape index (κ3) is 4.18. The molecule has 1 aromatic heterocycles. The van der Waals surface area contributed by atoms with Crippen molar-refractivity contribution in [3.63, 3.8) is 0 Å². The molecule has 0 atom stereocenters. The first kappa shape index (κ1) is 16.7. The average Bonchev–Trinajstić information content (AvgIpc) is 2.85. The predicted molar refractivity (Wildman–Crippen MR) is 105 cm³/mol. The van der Waals surface area contributed by atoms with Gasteiger partial charge in [0.25, 0.3) is 5.91 Å². The number of halogens is 3. The highest BCUT2D eigenvalue weighted by atomic mass is 127. The van der Waals surface area contributed by atoms with E-state index in [0.29, 0.717) is 11.5 Å². The van der Waals surface area contributed by atoms with E-state index in [2.05, 4.69) is 85.3 Å². The van der Waals surface area contributed by atoms with Gasteiger partial charge in [0.05, 0.1) is 12.0 Å². The predicted octanol–water partition coefficient (Wildman–Crippen LogP) is 3.74. The first-order valence-corrected chi connectivity index (χ1v) is 9.43. The summed E-state index contributed by atoms with van der Waals surface area (Å²) < 4.78 is 9.20. The van der Waals surface area contributed by atoms with Gasteiger partial charge in [0.15, 0.2) is 0 Å². The lowest BCUT2D eigenvalue weighted by atomic mass is 10.3. The van der Waals surface area contributed by atoms with Gasteiger partial charge in [-0.2, -0.15) is 0 Å². The smallest absolute Gasteiger partial charge is 0.275 e. The van der Waals surface area contributed by atoms with E-state index in [-0.39, 0.29) is 5.91 Å². The van der Waals surface area contributed by atoms with Gasteiger partial charge in [-0.15, -0.1) is 11.3 Å². The fourth-order valence-electron chi connectivity index (χ4n) is 1.46. The molecule has 106 valence electrons. The molecule has 3 N–H and O–H groups in total. The summed E-state index contributed by atoms with van der Waals surface area (Å²) in [4.78, 5) is 12.9. The number of rotatable bonds is 4. The zero-order valence-corrected chi connectivity index (χ0v) is 17.2. The fraction of sp³-hybridized carbons (Fsp3) is 0.0833. The van der Waals surface area contributed by atoms with Crippen LogP contribution in [0.25, 0.3) is 0 Å². The SMILES string of the molecule is NNC(=O)c1ccc(COc2c(I)cc(I)cc2I)s1. The Balaban J connectivity index is 2.09. The summed E-state index contributed by atoms with van der Waals surface area (Å²) in [6, 6.07) is 7.76. The van der Waals surface area contributed by atoms with Gasteiger partial charge in [-0.3, -0.25) is 10.2 Å². The summed E-state index contributed by atoms with van der Waals surface area (Å²) in [5.41, 5.74) is 2.12. The minimum Gasteiger partial charge on any atom is -0.486 e. The number of ether oxygens (including phenoxy) is 1. The van der Waals surface area contributed by atoms with Crippen molar-refractivity contribution in [1.82, 2.24) is 5.43 Å². The van der Waals surface area contributed by atoms with Crippen LogP contribution in [0.3, 0.4) is 0 Å². The lowest BCUT2D eigenvalue weighted by molar-refractivity contribution is 0.0957. The average molecular weight is 626 g/mol. The molecule has 8 heteroatoms. The number of benzene rings is 1. The van der Waals surface area contributed by atoms with E-state index in [1.54, 1.807) is 6.07 Å². The zero-order chi connectivity index (χ0) is 14.7. The van der Waals surface area contributed by atoms with E-state index in [1.807, 2.05) is 6.07 Å². The number of nitrogens with two attached hydrogens (primary N) is 1. The van der Waals surface area contributed by atoms with E-state index in [1.165, 1.54) is 14.9 Å². The van der Waals surface area contributed by atoms with Crippen molar-refractivity contribution in [2.45, 2.75) is 6.61 Å². The van der Waals surface area contributed by atoms with E-state index in [9.17, 15) is 4.79 Å². The number of carbonyl (C=O) groups is 1. The van der Waals surface area contributed by atoms with E-state index in [4.69, 9.17) is 10.6 Å². The molecule has 0 bridgehead atoms. The van der Waals surface area contributed by atoms with Crippen LogP contribution in [-0.4, -0.2) is 5.91 Å². The Kier molecular flexibility index (Phi) is 6.31. The largest absolute Gasteiger partial charge is 0.486 e. The monoisotopic (exact) mass is 626 g/mol. The number of carbonyl (C=O) groups excluding carboxylic acids is 1. The molecular weight excluding hydrogens is 617 g/mol. The molecule has 0 spiro atoms. The normalized spacial score (nSPS) is 10.4. The highest BCUT2D eigenvalue weighted by Gasteiger charge is 2.11. The van der Waals surface area contributed by atoms with Gasteiger partial charge in [0.2, 0.25) is 0 Å². The second-order valence-electron chi connectivity index (χ2n) is 3.73. The number of hydrogen-bond acceptors (Lipinski definition) is 4. The molecular formula is C12H9I3N2O2S. The lowest BCUT2D eigenvalue weighted by Gasteiger charge is -2.10. The minimum atomic E-state index is -0.278. The molecule has 0 saturated carbocycles. The molecule has 20 heavy (non-hydrogen) atoms. The summed E-state index contributed by atoms with van der Waals surface area (Å²) in [5, 5.41) is 0. The maximum Gasteiger partial charge on any atom is 0.275 e. The molecule has 0 saturated heterocycles. The molecule has 1 aromatic carbocycles. The topological polar surface area (TPSA) is 64.3 Å². The van der Waals surface area contributed by atoms with Crippen molar-refractivity contribution in [2.75, 3.05) is 0 Å². The molecule has 2 aromatic rings. The maximum atomic E-state index is 11.4. The maximum absolute atomic E-state index is 11.4. The van der Waals surface area contributed by atoms with Crippen LogP contribution in [0.5, 0.6) is 5.75 Å². The first-order chi connectivity index (χ1) is 9.51. The Morgan fingerprint density at radius 2 is 1.90 bits per heavy atom. The summed E-state index contributed by atoms with van der Waals surface area (Å²) in [6.07, 6.45) is 0. The number of hydrazine groups is 1. The molecule has 0 aliphatic rings. The van der Waals surface area contributed by atoms with Crippen molar-refractivity contribution in [1.29, 1.82) is 0 Å². The molecule has 0 radical (unpaired) electrons. The second-order valence-corrected chi connectivity index (χ2v) is 8.46. The highest BCUT2D eigenvalue weighted by Crippen LogP contribution is 2.30. The first-order valence-electron chi connectivity index (χ1n) is 5.38. The number of amides is 1. The van der Waals surface area contributed by atoms with Crippen molar-refractivity contribution in [2.24, 2.45) is 5.84 Å². The van der Waals surface area contributed by atoms with E-state index < -0.39 is 0 Å². The number of thiophene rings is 1. The van der Waals surface area contributed by atoms with Gasteiger partial charge in [-0.25, -0.2) is 5.84 Å². The number of nitrogen functional groups attached to an aromatic ring is 1. The van der Waals surface area contributed by atoms with Gasteiger partial charge in [-0.05, 0) is 92.0 Å². The lowest BCUT2D eigenvalue weighted by Crippen LogP contribution is -2.29. The summed E-state index contributed by atoms with van der Waals surface area (Å²) >= 11 is 8.19. The fourth-order valence-corrected chi connectivity index (χ4v) is 6.18. The third-order valence-corrected chi connectivity index (χ3v) is 5.62. The van der Waals surface area contributed by atoms with Gasteiger partial charge in [0, 0.05) is 8.45 Å². The summed E-state index contributed by atoms with van der Waals surface area (Å²) in [6.45, 7) is 0.440. The molecule has 0 unspecified atom stereocenters. The van der Waals surface area contributed by atoms with Crippen molar-refractivity contribution in [3.05, 3.63) is 44.7 Å². The third-order valence-electron chi connectivity index (χ3n) is 2.34. The summed E-state index contributed by atoms with van der Waals surface area (Å²) in [5.74, 6) is 5.71. The van der Waals surface area contributed by atoms with Gasteiger partial charge >= 0.3 is 0 Å². The van der Waals surface area contributed by atoms with Crippen LogP contribution < -0.4 is 16.0 Å². The van der Waals surface area contributed by atoms with Crippen LogP contribution in [0.4, 0.5) is 0 Å². The Bertz CT molecular complexity index is 622. The van der Waals surface area contributed by atoms with Crippen LogP contribution in [0.15, 0.2) is 24.3 Å². The number of hydrogen-bond donors (Lipinski definition) is 2. The second kappa shape index (κ2) is 7.56. The van der Waals surface area contributed by atoms with Crippen molar-refractivity contribution < 1.29 is 9.53 Å².